The molecule has 0 atom stereocenters. The fourth-order valence-electron chi connectivity index (χ4n) is 3.08. The molecule has 4 nitrogen and oxygen atoms in total. The lowest BCUT2D eigenvalue weighted by Crippen LogP contribution is -2.27. The maximum Gasteiger partial charge on any atom is 0.293 e. The van der Waals surface area contributed by atoms with E-state index in [0.717, 1.165) is 31.8 Å². The number of carbonyl (C=O) groups excluding carboxylic acids is 2. The quantitative estimate of drug-likeness (QED) is 0.275. The predicted octanol–water partition coefficient (Wildman–Crippen LogP) is 7.68. The van der Waals surface area contributed by atoms with E-state index in [-0.39, 0.29) is 17.7 Å². The van der Waals surface area contributed by atoms with Crippen molar-refractivity contribution in [2.75, 3.05) is 0 Å². The van der Waals surface area contributed by atoms with Gasteiger partial charge in [-0.1, -0.05) is 73.8 Å². The number of ether oxygens (including phenoxy) is 1. The van der Waals surface area contributed by atoms with Crippen LogP contribution in [0.25, 0.3) is 6.08 Å². The first-order chi connectivity index (χ1) is 15.4. The van der Waals surface area contributed by atoms with Crippen LogP contribution in [-0.4, -0.2) is 16.0 Å². The maximum atomic E-state index is 13.0. The number of rotatable bonds is 6. The molecular formula is C24H16Br2ClNO3S. The zero-order chi connectivity index (χ0) is 22.7. The van der Waals surface area contributed by atoms with Crippen LogP contribution in [0.1, 0.15) is 16.7 Å². The summed E-state index contributed by atoms with van der Waals surface area (Å²) in [6, 6.07) is 20.5. The SMILES string of the molecule is O=C1S/C(=C/c2cc(Br)ccc2OCc2ccc(Cl)cc2)C(=O)N1Cc1ccccc1Br. The number of halogens is 3. The first-order valence-electron chi connectivity index (χ1n) is 9.56. The van der Waals surface area contributed by atoms with Crippen LogP contribution in [0.4, 0.5) is 4.79 Å². The molecule has 0 spiro atoms. The van der Waals surface area contributed by atoms with E-state index in [9.17, 15) is 9.59 Å². The smallest absolute Gasteiger partial charge is 0.293 e. The molecule has 0 unspecified atom stereocenters. The van der Waals surface area contributed by atoms with Crippen molar-refractivity contribution in [3.05, 3.63) is 102 Å². The molecule has 2 amide bonds. The van der Waals surface area contributed by atoms with E-state index < -0.39 is 0 Å². The summed E-state index contributed by atoms with van der Waals surface area (Å²) >= 11 is 13.8. The molecule has 1 aliphatic rings. The molecule has 8 heteroatoms. The predicted molar refractivity (Wildman–Crippen MR) is 136 cm³/mol. The Morgan fingerprint density at radius 1 is 1.00 bits per heavy atom. The number of thioether (sulfide) groups is 1. The first kappa shape index (κ1) is 23.1. The second-order valence-corrected chi connectivity index (χ2v) is 10.2. The van der Waals surface area contributed by atoms with Crippen molar-refractivity contribution in [2.45, 2.75) is 13.2 Å². The van der Waals surface area contributed by atoms with Crippen molar-refractivity contribution in [1.29, 1.82) is 0 Å². The van der Waals surface area contributed by atoms with Gasteiger partial charge in [0.1, 0.15) is 12.4 Å². The molecule has 3 aromatic rings. The zero-order valence-electron chi connectivity index (χ0n) is 16.6. The van der Waals surface area contributed by atoms with Crippen LogP contribution in [0.15, 0.2) is 80.6 Å². The van der Waals surface area contributed by atoms with Crippen LogP contribution in [0.5, 0.6) is 5.75 Å². The standard InChI is InChI=1S/C24H16Br2ClNO3S/c25-18-7-10-21(31-14-15-5-8-19(27)9-6-15)17(11-18)12-22-23(29)28(24(30)32-22)13-16-3-1-2-4-20(16)26/h1-12H,13-14H2/b22-12+. The minimum atomic E-state index is -0.320. The lowest BCUT2D eigenvalue weighted by atomic mass is 10.1. The van der Waals surface area contributed by atoms with Crippen LogP contribution in [-0.2, 0) is 17.9 Å². The summed E-state index contributed by atoms with van der Waals surface area (Å²) in [5.74, 6) is 0.292. The molecule has 0 N–H and O–H groups in total. The van der Waals surface area contributed by atoms with Gasteiger partial charge in [-0.15, -0.1) is 0 Å². The number of benzene rings is 3. The second kappa shape index (κ2) is 10.3. The van der Waals surface area contributed by atoms with Crippen LogP contribution in [0.2, 0.25) is 5.02 Å². The molecule has 1 heterocycles. The van der Waals surface area contributed by atoms with Gasteiger partial charge in [0.05, 0.1) is 11.4 Å². The number of nitrogens with zero attached hydrogens (tertiary/aromatic N) is 1. The molecule has 4 rings (SSSR count). The molecule has 0 bridgehead atoms. The highest BCUT2D eigenvalue weighted by atomic mass is 79.9. The number of imide groups is 1. The van der Waals surface area contributed by atoms with Gasteiger partial charge >= 0.3 is 0 Å². The third-order valence-electron chi connectivity index (χ3n) is 4.73. The summed E-state index contributed by atoms with van der Waals surface area (Å²) in [5, 5.41) is 0.368. The monoisotopic (exact) mass is 591 g/mol. The van der Waals surface area contributed by atoms with Gasteiger partial charge in [0.25, 0.3) is 11.1 Å². The van der Waals surface area contributed by atoms with Crippen molar-refractivity contribution >= 4 is 72.4 Å². The molecule has 3 aromatic carbocycles. The minimum absolute atomic E-state index is 0.210. The number of hydrogen-bond donors (Lipinski definition) is 0. The maximum absolute atomic E-state index is 13.0. The Balaban J connectivity index is 1.55. The van der Waals surface area contributed by atoms with Crippen LogP contribution >= 0.6 is 55.2 Å². The van der Waals surface area contributed by atoms with E-state index in [1.54, 1.807) is 6.08 Å². The summed E-state index contributed by atoms with van der Waals surface area (Å²) in [7, 11) is 0. The van der Waals surface area contributed by atoms with Gasteiger partial charge in [0.2, 0.25) is 0 Å². The average Bonchev–Trinajstić information content (AvgIpc) is 3.03. The molecule has 1 fully saturated rings. The summed E-state index contributed by atoms with van der Waals surface area (Å²) < 4.78 is 7.69. The van der Waals surface area contributed by atoms with Gasteiger partial charge in [0, 0.05) is 19.5 Å². The van der Waals surface area contributed by atoms with Crippen molar-refractivity contribution in [3.8, 4) is 5.75 Å². The van der Waals surface area contributed by atoms with E-state index >= 15 is 0 Å². The van der Waals surface area contributed by atoms with Crippen LogP contribution < -0.4 is 4.74 Å². The Hall–Kier alpha value is -2.06. The molecule has 0 aliphatic carbocycles. The first-order valence-corrected chi connectivity index (χ1v) is 12.3. The highest BCUT2D eigenvalue weighted by Gasteiger charge is 2.35. The molecule has 0 saturated carbocycles. The lowest BCUT2D eigenvalue weighted by Gasteiger charge is -2.13. The normalized spacial score (nSPS) is 15.0. The molecule has 162 valence electrons. The summed E-state index contributed by atoms with van der Waals surface area (Å²) in [6.45, 7) is 0.561. The Labute approximate surface area is 211 Å². The van der Waals surface area contributed by atoms with Gasteiger partial charge in [-0.2, -0.15) is 0 Å². The van der Waals surface area contributed by atoms with E-state index in [2.05, 4.69) is 31.9 Å². The largest absolute Gasteiger partial charge is 0.488 e. The average molecular weight is 594 g/mol. The molecular weight excluding hydrogens is 578 g/mol. The number of carbonyl (C=O) groups is 2. The van der Waals surface area contributed by atoms with Gasteiger partial charge < -0.3 is 4.74 Å². The fourth-order valence-corrected chi connectivity index (χ4v) is 4.82. The Bertz CT molecular complexity index is 1210. The molecule has 0 radical (unpaired) electrons. The molecule has 1 saturated heterocycles. The topological polar surface area (TPSA) is 46.6 Å². The highest BCUT2D eigenvalue weighted by Crippen LogP contribution is 2.36. The van der Waals surface area contributed by atoms with E-state index in [1.165, 1.54) is 4.90 Å². The van der Waals surface area contributed by atoms with Crippen LogP contribution in [0.3, 0.4) is 0 Å². The second-order valence-electron chi connectivity index (χ2n) is 6.96. The van der Waals surface area contributed by atoms with Gasteiger partial charge in [-0.25, -0.2) is 0 Å². The Morgan fingerprint density at radius 2 is 1.75 bits per heavy atom. The molecule has 32 heavy (non-hydrogen) atoms. The Morgan fingerprint density at radius 3 is 2.50 bits per heavy atom. The summed E-state index contributed by atoms with van der Waals surface area (Å²) in [6.07, 6.45) is 1.70. The highest BCUT2D eigenvalue weighted by molar-refractivity contribution is 9.10. The van der Waals surface area contributed by atoms with Gasteiger partial charge in [-0.3, -0.25) is 14.5 Å². The van der Waals surface area contributed by atoms with Gasteiger partial charge in [0.15, 0.2) is 0 Å². The fraction of sp³-hybridized carbons (Fsp3) is 0.0833. The van der Waals surface area contributed by atoms with Gasteiger partial charge in [-0.05, 0) is 65.4 Å². The third kappa shape index (κ3) is 5.46. The van der Waals surface area contributed by atoms with Crippen molar-refractivity contribution in [1.82, 2.24) is 4.90 Å². The molecule has 1 aliphatic heterocycles. The molecule has 0 aromatic heterocycles. The minimum Gasteiger partial charge on any atom is -0.488 e. The number of hydrogen-bond acceptors (Lipinski definition) is 4. The number of amides is 2. The van der Waals surface area contributed by atoms with Crippen molar-refractivity contribution < 1.29 is 14.3 Å². The summed E-state index contributed by atoms with van der Waals surface area (Å²) in [4.78, 5) is 27.1. The van der Waals surface area contributed by atoms with Crippen molar-refractivity contribution in [3.63, 3.8) is 0 Å². The van der Waals surface area contributed by atoms with Crippen molar-refractivity contribution in [2.24, 2.45) is 0 Å². The van der Waals surface area contributed by atoms with E-state index in [1.807, 2.05) is 66.7 Å². The van der Waals surface area contributed by atoms with Crippen LogP contribution in [0, 0.1) is 0 Å². The zero-order valence-corrected chi connectivity index (χ0v) is 21.3. The third-order valence-corrected chi connectivity index (χ3v) is 7.15. The van der Waals surface area contributed by atoms with E-state index in [0.29, 0.717) is 27.8 Å². The Kier molecular flexibility index (Phi) is 7.40. The lowest BCUT2D eigenvalue weighted by molar-refractivity contribution is -0.123. The summed E-state index contributed by atoms with van der Waals surface area (Å²) in [5.41, 5.74) is 2.54. The van der Waals surface area contributed by atoms with E-state index in [4.69, 9.17) is 16.3 Å².